The van der Waals surface area contributed by atoms with E-state index in [-0.39, 0.29) is 17.5 Å². The van der Waals surface area contributed by atoms with Gasteiger partial charge in [0.1, 0.15) is 0 Å². The Kier molecular flexibility index (Phi) is 5.95. The molecule has 0 amide bonds. The minimum atomic E-state index is -3.90. The van der Waals surface area contributed by atoms with E-state index in [0.717, 1.165) is 30.5 Å². The van der Waals surface area contributed by atoms with E-state index in [1.165, 1.54) is 5.56 Å². The van der Waals surface area contributed by atoms with Crippen molar-refractivity contribution in [3.8, 4) is 0 Å². The molecule has 0 aromatic heterocycles. The number of nitrogens with zero attached hydrogens (tertiary/aromatic N) is 1. The molecule has 0 unspecified atom stereocenters. The quantitative estimate of drug-likeness (QED) is 0.470. The minimum Gasteiger partial charge on any atom is -0.347 e. The van der Waals surface area contributed by atoms with Crippen LogP contribution in [0.1, 0.15) is 30.4 Å². The summed E-state index contributed by atoms with van der Waals surface area (Å²) in [4.78, 5) is 2.58. The lowest BCUT2D eigenvalue weighted by atomic mass is 9.66. The molecule has 3 fully saturated rings. The number of hydrogen-bond donors (Lipinski definition) is 0. The molecule has 6 nitrogen and oxygen atoms in total. The molecular weight excluding hydrogens is 438 g/mol. The molecule has 2 aromatic rings. The van der Waals surface area contributed by atoms with Crippen molar-refractivity contribution >= 4 is 10.1 Å². The van der Waals surface area contributed by atoms with Gasteiger partial charge in [0.05, 0.1) is 24.7 Å². The predicted octanol–water partition coefficient (Wildman–Crippen LogP) is 4.05. The van der Waals surface area contributed by atoms with Crippen LogP contribution in [0.5, 0.6) is 0 Å². The molecule has 2 atom stereocenters. The molecular formula is C26H31NO5S. The molecule has 2 saturated heterocycles. The third-order valence-electron chi connectivity index (χ3n) is 7.38. The second-order valence-corrected chi connectivity index (χ2v) is 11.1. The van der Waals surface area contributed by atoms with Crippen LogP contribution in [0.4, 0.5) is 0 Å². The lowest BCUT2D eigenvalue weighted by Crippen LogP contribution is -2.53. The summed E-state index contributed by atoms with van der Waals surface area (Å²) in [5.74, 6) is -0.681. The summed E-state index contributed by atoms with van der Waals surface area (Å²) < 4.78 is 43.9. The number of hydrogen-bond acceptors (Lipinski definition) is 6. The highest BCUT2D eigenvalue weighted by Gasteiger charge is 2.59. The molecule has 1 saturated carbocycles. The van der Waals surface area contributed by atoms with Crippen molar-refractivity contribution in [3.05, 3.63) is 77.9 Å². The summed E-state index contributed by atoms with van der Waals surface area (Å²) in [6, 6.07) is 17.2. The topological polar surface area (TPSA) is 65.1 Å². The van der Waals surface area contributed by atoms with Gasteiger partial charge in [-0.2, -0.15) is 8.42 Å². The number of likely N-dealkylation sites (tertiary alicyclic amines) is 1. The van der Waals surface area contributed by atoms with Crippen molar-refractivity contribution in [2.45, 2.75) is 49.5 Å². The summed E-state index contributed by atoms with van der Waals surface area (Å²) >= 11 is 0. The van der Waals surface area contributed by atoms with Gasteiger partial charge in [0.15, 0.2) is 5.79 Å². The van der Waals surface area contributed by atoms with Crippen molar-refractivity contribution < 1.29 is 22.1 Å². The predicted molar refractivity (Wildman–Crippen MR) is 125 cm³/mol. The summed E-state index contributed by atoms with van der Waals surface area (Å²) in [5.41, 5.74) is 2.65. The highest BCUT2D eigenvalue weighted by atomic mass is 32.2. The van der Waals surface area contributed by atoms with Gasteiger partial charge >= 0.3 is 0 Å². The van der Waals surface area contributed by atoms with E-state index in [4.69, 9.17) is 13.7 Å². The number of fused-ring (bicyclic) bond motifs is 1. The Morgan fingerprint density at radius 2 is 1.79 bits per heavy atom. The first-order chi connectivity index (χ1) is 15.8. The fourth-order valence-electron chi connectivity index (χ4n) is 5.66. The fraction of sp³-hybridized carbons (Fsp3) is 0.462. The van der Waals surface area contributed by atoms with Gasteiger partial charge in [-0.25, -0.2) is 0 Å². The lowest BCUT2D eigenvalue weighted by molar-refractivity contribution is -0.207. The minimum absolute atomic E-state index is 0.0342. The highest BCUT2D eigenvalue weighted by molar-refractivity contribution is 7.86. The van der Waals surface area contributed by atoms with Crippen molar-refractivity contribution in [2.75, 3.05) is 26.4 Å². The second kappa shape index (κ2) is 8.64. The van der Waals surface area contributed by atoms with Crippen LogP contribution in [0.15, 0.2) is 71.6 Å². The van der Waals surface area contributed by atoms with E-state index < -0.39 is 21.3 Å². The van der Waals surface area contributed by atoms with Crippen LogP contribution in [0.2, 0.25) is 0 Å². The zero-order chi connectivity index (χ0) is 23.1. The molecule has 5 rings (SSSR count). The van der Waals surface area contributed by atoms with Gasteiger partial charge in [0.2, 0.25) is 0 Å². The van der Waals surface area contributed by atoms with Gasteiger partial charge in [-0.1, -0.05) is 60.2 Å². The van der Waals surface area contributed by atoms with Gasteiger partial charge in [-0.05, 0) is 31.0 Å². The molecule has 2 heterocycles. The first kappa shape index (κ1) is 22.7. The monoisotopic (exact) mass is 469 g/mol. The van der Waals surface area contributed by atoms with E-state index >= 15 is 0 Å². The Morgan fingerprint density at radius 3 is 2.48 bits per heavy atom. The first-order valence-electron chi connectivity index (χ1n) is 11.5. The largest absolute Gasteiger partial charge is 0.347 e. The second-order valence-electron chi connectivity index (χ2n) is 9.52. The van der Waals surface area contributed by atoms with Crippen LogP contribution >= 0.6 is 0 Å². The fourth-order valence-corrected chi connectivity index (χ4v) is 6.63. The van der Waals surface area contributed by atoms with Gasteiger partial charge in [-0.15, -0.1) is 0 Å². The molecule has 0 radical (unpaired) electrons. The van der Waals surface area contributed by atoms with Gasteiger partial charge in [-0.3, -0.25) is 9.08 Å². The van der Waals surface area contributed by atoms with Crippen LogP contribution in [-0.4, -0.2) is 51.5 Å². The maximum absolute atomic E-state index is 13.0. The van der Waals surface area contributed by atoms with Gasteiger partial charge in [0.25, 0.3) is 10.1 Å². The van der Waals surface area contributed by atoms with Crippen molar-refractivity contribution in [1.82, 2.24) is 4.90 Å². The van der Waals surface area contributed by atoms with Crippen molar-refractivity contribution in [3.63, 3.8) is 0 Å². The Labute approximate surface area is 196 Å². The molecule has 33 heavy (non-hydrogen) atoms. The first-order valence-corrected chi connectivity index (χ1v) is 12.9. The van der Waals surface area contributed by atoms with E-state index in [1.807, 2.05) is 25.1 Å². The molecule has 176 valence electrons. The molecule has 0 bridgehead atoms. The molecule has 7 heteroatoms. The van der Waals surface area contributed by atoms with Crippen LogP contribution in [0, 0.1) is 12.3 Å². The van der Waals surface area contributed by atoms with E-state index in [1.54, 1.807) is 24.3 Å². The number of benzene rings is 2. The van der Waals surface area contributed by atoms with Crippen LogP contribution < -0.4 is 0 Å². The highest BCUT2D eigenvalue weighted by Crippen LogP contribution is 2.55. The molecule has 2 aromatic carbocycles. The normalized spacial score (nSPS) is 27.2. The average Bonchev–Trinajstić information content (AvgIpc) is 3.36. The lowest BCUT2D eigenvalue weighted by Gasteiger charge is -2.48. The van der Waals surface area contributed by atoms with Crippen LogP contribution in [0.25, 0.3) is 0 Å². The number of ether oxygens (including phenoxy) is 2. The summed E-state index contributed by atoms with van der Waals surface area (Å²) in [6.07, 6.45) is 2.17. The number of rotatable bonds is 6. The summed E-state index contributed by atoms with van der Waals surface area (Å²) in [6.45, 7) is 8.97. The number of aryl methyl sites for hydroxylation is 1. The smallest absolute Gasteiger partial charge is 0.297 e. The van der Waals surface area contributed by atoms with Crippen LogP contribution in [-0.2, 0) is 30.3 Å². The SMILES string of the molecule is C=C1CN(Cc2ccccc2)[C@H]2CCC3(C[C@]12COS(=O)(=O)c1ccc(C)cc1)OCCO3. The van der Waals surface area contributed by atoms with E-state index in [0.29, 0.717) is 26.2 Å². The Morgan fingerprint density at radius 1 is 1.09 bits per heavy atom. The van der Waals surface area contributed by atoms with E-state index in [2.05, 4.69) is 23.6 Å². The maximum Gasteiger partial charge on any atom is 0.297 e. The molecule has 3 aliphatic rings. The summed E-state index contributed by atoms with van der Waals surface area (Å²) in [5, 5.41) is 0. The summed E-state index contributed by atoms with van der Waals surface area (Å²) in [7, 11) is -3.90. The molecule has 0 N–H and O–H groups in total. The van der Waals surface area contributed by atoms with Gasteiger partial charge < -0.3 is 9.47 Å². The molecule has 1 spiro atoms. The Balaban J connectivity index is 1.43. The van der Waals surface area contributed by atoms with Crippen LogP contribution in [0.3, 0.4) is 0 Å². The van der Waals surface area contributed by atoms with Crippen molar-refractivity contribution in [2.24, 2.45) is 5.41 Å². The average molecular weight is 470 g/mol. The molecule has 1 aliphatic carbocycles. The third kappa shape index (κ3) is 4.29. The molecule has 2 aliphatic heterocycles. The van der Waals surface area contributed by atoms with Gasteiger partial charge in [0, 0.05) is 37.4 Å². The van der Waals surface area contributed by atoms with E-state index in [9.17, 15) is 8.42 Å². The zero-order valence-electron chi connectivity index (χ0n) is 19.0. The zero-order valence-corrected chi connectivity index (χ0v) is 19.9. The Hall–Kier alpha value is -2.03. The third-order valence-corrected chi connectivity index (χ3v) is 8.66. The standard InChI is InChI=1S/C26H31NO5S/c1-20-8-10-23(11-9-20)33(28,29)32-19-25-18-26(30-14-15-31-26)13-12-24(25)27(16-21(25)2)17-22-6-4-3-5-7-22/h3-11,24H,2,12-19H2,1H3/t24-,25-/m0/s1. The Bertz CT molecular complexity index is 1110. The van der Waals surface area contributed by atoms with Crippen molar-refractivity contribution in [1.29, 1.82) is 0 Å². The maximum atomic E-state index is 13.0.